The van der Waals surface area contributed by atoms with Crippen LogP contribution in [0.25, 0.3) is 0 Å². The molecule has 15 heavy (non-hydrogen) atoms. The summed E-state index contributed by atoms with van der Waals surface area (Å²) < 4.78 is 0. The van der Waals surface area contributed by atoms with Crippen LogP contribution in [0, 0.1) is 23.7 Å². The summed E-state index contributed by atoms with van der Waals surface area (Å²) in [4.78, 5) is 0. The molecule has 0 bridgehead atoms. The summed E-state index contributed by atoms with van der Waals surface area (Å²) in [5.41, 5.74) is 0. The zero-order chi connectivity index (χ0) is 10.8. The van der Waals surface area contributed by atoms with Crippen LogP contribution in [0.2, 0.25) is 0 Å². The van der Waals surface area contributed by atoms with Crippen molar-refractivity contribution in [1.29, 1.82) is 0 Å². The first-order valence-corrected chi connectivity index (χ1v) is 5.90. The first kappa shape index (κ1) is 10.7. The molecule has 0 saturated carbocycles. The van der Waals surface area contributed by atoms with Crippen LogP contribution in [0.3, 0.4) is 0 Å². The number of hydrogen-bond donors (Lipinski definition) is 1. The summed E-state index contributed by atoms with van der Waals surface area (Å²) in [6, 6.07) is 0. The molecular formula is C14H20O. The molecule has 0 aromatic heterocycles. The lowest BCUT2D eigenvalue weighted by atomic mass is 9.71. The maximum Gasteiger partial charge on any atom is 0.0789 e. The van der Waals surface area contributed by atoms with Crippen LogP contribution in [0.15, 0.2) is 36.5 Å². The fourth-order valence-electron chi connectivity index (χ4n) is 2.75. The molecule has 5 atom stereocenters. The Morgan fingerprint density at radius 3 is 2.47 bits per heavy atom. The monoisotopic (exact) mass is 204 g/mol. The van der Waals surface area contributed by atoms with E-state index in [1.54, 1.807) is 0 Å². The Morgan fingerprint density at radius 1 is 1.00 bits per heavy atom. The third kappa shape index (κ3) is 2.23. The van der Waals surface area contributed by atoms with Crippen molar-refractivity contribution in [3.8, 4) is 0 Å². The van der Waals surface area contributed by atoms with Gasteiger partial charge in [-0.1, -0.05) is 50.3 Å². The lowest BCUT2D eigenvalue weighted by molar-refractivity contribution is 0.111. The predicted molar refractivity (Wildman–Crippen MR) is 63.4 cm³/mol. The lowest BCUT2D eigenvalue weighted by Crippen LogP contribution is -2.32. The third-order valence-corrected chi connectivity index (χ3v) is 3.70. The molecule has 5 unspecified atom stereocenters. The van der Waals surface area contributed by atoms with Crippen molar-refractivity contribution in [1.82, 2.24) is 0 Å². The van der Waals surface area contributed by atoms with Crippen molar-refractivity contribution in [2.24, 2.45) is 23.7 Å². The molecule has 0 fully saturated rings. The second-order valence-corrected chi connectivity index (χ2v) is 4.96. The van der Waals surface area contributed by atoms with Crippen LogP contribution in [0.1, 0.15) is 20.3 Å². The maximum atomic E-state index is 9.96. The largest absolute Gasteiger partial charge is 0.388 e. The number of allylic oxidation sites excluding steroid dienone is 4. The zero-order valence-corrected chi connectivity index (χ0v) is 9.51. The fraction of sp³-hybridized carbons (Fsp3) is 0.571. The molecule has 1 N–H and O–H groups in total. The molecule has 0 heterocycles. The summed E-state index contributed by atoms with van der Waals surface area (Å²) in [6.07, 6.45) is 13.6. The van der Waals surface area contributed by atoms with Gasteiger partial charge >= 0.3 is 0 Å². The van der Waals surface area contributed by atoms with E-state index in [1.807, 2.05) is 12.2 Å². The number of aliphatic hydroxyl groups excluding tert-OH is 1. The average Bonchev–Trinajstić information content (AvgIpc) is 2.23. The van der Waals surface area contributed by atoms with Gasteiger partial charge in [-0.2, -0.15) is 0 Å². The number of aliphatic hydroxyl groups is 1. The van der Waals surface area contributed by atoms with E-state index >= 15 is 0 Å². The van der Waals surface area contributed by atoms with Crippen LogP contribution < -0.4 is 0 Å². The van der Waals surface area contributed by atoms with Crippen molar-refractivity contribution in [3.63, 3.8) is 0 Å². The Morgan fingerprint density at radius 2 is 1.73 bits per heavy atom. The van der Waals surface area contributed by atoms with E-state index in [2.05, 4.69) is 38.2 Å². The summed E-state index contributed by atoms with van der Waals surface area (Å²) in [7, 11) is 0. The maximum absolute atomic E-state index is 9.96. The second-order valence-electron chi connectivity index (χ2n) is 4.96. The minimum Gasteiger partial charge on any atom is -0.388 e. The van der Waals surface area contributed by atoms with Crippen LogP contribution in [0.5, 0.6) is 0 Å². The summed E-state index contributed by atoms with van der Waals surface area (Å²) in [6.45, 7) is 4.51. The van der Waals surface area contributed by atoms with Crippen molar-refractivity contribution < 1.29 is 5.11 Å². The molecular weight excluding hydrogens is 184 g/mol. The van der Waals surface area contributed by atoms with E-state index in [4.69, 9.17) is 0 Å². The molecule has 1 heteroatoms. The first-order chi connectivity index (χ1) is 7.18. The lowest BCUT2D eigenvalue weighted by Gasteiger charge is -2.36. The Bertz CT molecular complexity index is 300. The molecule has 0 saturated heterocycles. The minimum absolute atomic E-state index is 0.291. The van der Waals surface area contributed by atoms with Crippen LogP contribution >= 0.6 is 0 Å². The number of rotatable bonds is 1. The van der Waals surface area contributed by atoms with Crippen molar-refractivity contribution in [2.75, 3.05) is 0 Å². The molecule has 0 aromatic rings. The Labute approximate surface area is 92.2 Å². The highest BCUT2D eigenvalue weighted by molar-refractivity contribution is 5.17. The highest BCUT2D eigenvalue weighted by Gasteiger charge is 2.31. The Kier molecular flexibility index (Phi) is 3.11. The third-order valence-electron chi connectivity index (χ3n) is 3.70. The molecule has 82 valence electrons. The predicted octanol–water partition coefficient (Wildman–Crippen LogP) is 2.94. The molecule has 1 nitrogen and oxygen atoms in total. The van der Waals surface area contributed by atoms with Gasteiger partial charge in [0.15, 0.2) is 0 Å². The van der Waals surface area contributed by atoms with E-state index in [-0.39, 0.29) is 6.10 Å². The quantitative estimate of drug-likeness (QED) is 0.651. The van der Waals surface area contributed by atoms with E-state index in [9.17, 15) is 5.11 Å². The highest BCUT2D eigenvalue weighted by Crippen LogP contribution is 2.37. The van der Waals surface area contributed by atoms with Crippen LogP contribution in [0.4, 0.5) is 0 Å². The topological polar surface area (TPSA) is 20.2 Å². The molecule has 0 radical (unpaired) electrons. The fourth-order valence-corrected chi connectivity index (χ4v) is 2.75. The molecule has 0 spiro atoms. The van der Waals surface area contributed by atoms with E-state index in [0.29, 0.717) is 23.7 Å². The smallest absolute Gasteiger partial charge is 0.0789 e. The average molecular weight is 204 g/mol. The number of hydrogen-bond acceptors (Lipinski definition) is 1. The van der Waals surface area contributed by atoms with Gasteiger partial charge in [-0.3, -0.25) is 0 Å². The summed E-state index contributed by atoms with van der Waals surface area (Å²) >= 11 is 0. The molecule has 2 rings (SSSR count). The first-order valence-electron chi connectivity index (χ1n) is 5.90. The summed E-state index contributed by atoms with van der Waals surface area (Å²) in [5.74, 6) is 2.12. The van der Waals surface area contributed by atoms with E-state index in [0.717, 1.165) is 0 Å². The highest BCUT2D eigenvalue weighted by atomic mass is 16.3. The van der Waals surface area contributed by atoms with Gasteiger partial charge in [0, 0.05) is 5.92 Å². The Balaban J connectivity index is 2.13. The van der Waals surface area contributed by atoms with Gasteiger partial charge < -0.3 is 5.11 Å². The van der Waals surface area contributed by atoms with Crippen molar-refractivity contribution in [2.45, 2.75) is 26.4 Å². The van der Waals surface area contributed by atoms with E-state index < -0.39 is 0 Å². The zero-order valence-electron chi connectivity index (χ0n) is 9.51. The standard InChI is InChI=1S/C14H20O/c1-10-7-8-11(2)13(9-10)12-5-3-4-6-14(12)15/h3-8,10-15H,9H2,1-2H3. The van der Waals surface area contributed by atoms with Gasteiger partial charge in [0.2, 0.25) is 0 Å². The van der Waals surface area contributed by atoms with Gasteiger partial charge in [-0.15, -0.1) is 0 Å². The Hall–Kier alpha value is -0.820. The SMILES string of the molecule is CC1C=CC(C)C(C2C=CC=CC2O)C1. The molecule has 2 aliphatic rings. The van der Waals surface area contributed by atoms with Gasteiger partial charge in [0.25, 0.3) is 0 Å². The molecule has 0 aliphatic heterocycles. The van der Waals surface area contributed by atoms with Gasteiger partial charge in [0.1, 0.15) is 0 Å². The minimum atomic E-state index is -0.291. The van der Waals surface area contributed by atoms with Crippen LogP contribution in [-0.4, -0.2) is 11.2 Å². The summed E-state index contributed by atoms with van der Waals surface area (Å²) in [5, 5.41) is 9.96. The molecule has 0 aromatic carbocycles. The van der Waals surface area contributed by atoms with E-state index in [1.165, 1.54) is 6.42 Å². The van der Waals surface area contributed by atoms with Crippen molar-refractivity contribution in [3.05, 3.63) is 36.5 Å². The molecule has 0 amide bonds. The second kappa shape index (κ2) is 4.36. The van der Waals surface area contributed by atoms with Gasteiger partial charge in [0.05, 0.1) is 6.10 Å². The van der Waals surface area contributed by atoms with Gasteiger partial charge in [-0.05, 0) is 24.2 Å². The van der Waals surface area contributed by atoms with Crippen molar-refractivity contribution >= 4 is 0 Å². The normalized spacial score (nSPS) is 44.6. The van der Waals surface area contributed by atoms with Crippen LogP contribution in [-0.2, 0) is 0 Å². The molecule has 2 aliphatic carbocycles. The van der Waals surface area contributed by atoms with Gasteiger partial charge in [-0.25, -0.2) is 0 Å².